The Hall–Kier alpha value is -2.44. The van der Waals surface area contributed by atoms with Crippen LogP contribution in [0.25, 0.3) is 0 Å². The van der Waals surface area contributed by atoms with Crippen LogP contribution in [0.5, 0.6) is 0 Å². The second-order valence-electron chi connectivity index (χ2n) is 3.33. The highest BCUT2D eigenvalue weighted by molar-refractivity contribution is 5.81. The Morgan fingerprint density at radius 1 is 1.41 bits per heavy atom. The summed E-state index contributed by atoms with van der Waals surface area (Å²) in [4.78, 5) is 21.0. The van der Waals surface area contributed by atoms with E-state index in [1.54, 1.807) is 12.1 Å². The normalized spacial score (nSPS) is 15.3. The van der Waals surface area contributed by atoms with Crippen molar-refractivity contribution in [1.29, 1.82) is 0 Å². The molecule has 7 heteroatoms. The number of amides is 1. The zero-order chi connectivity index (χ0) is 12.3. The van der Waals surface area contributed by atoms with Crippen LogP contribution in [0.15, 0.2) is 29.4 Å². The van der Waals surface area contributed by atoms with Crippen molar-refractivity contribution in [2.24, 2.45) is 5.10 Å². The van der Waals surface area contributed by atoms with E-state index in [0.717, 1.165) is 0 Å². The van der Waals surface area contributed by atoms with Crippen molar-refractivity contribution >= 4 is 18.0 Å². The van der Waals surface area contributed by atoms with E-state index >= 15 is 0 Å². The lowest BCUT2D eigenvalue weighted by Gasteiger charge is -2.03. The summed E-state index contributed by atoms with van der Waals surface area (Å²) in [6, 6.07) is 5.87. The summed E-state index contributed by atoms with van der Waals surface area (Å²) in [6.45, 7) is 0.749. The van der Waals surface area contributed by atoms with E-state index in [9.17, 15) is 14.9 Å². The van der Waals surface area contributed by atoms with E-state index < -0.39 is 11.0 Å². The number of nitrogens with zero attached hydrogens (tertiary/aromatic N) is 3. The van der Waals surface area contributed by atoms with Gasteiger partial charge in [0.25, 0.3) is 5.69 Å². The molecule has 1 amide bonds. The summed E-state index contributed by atoms with van der Waals surface area (Å²) < 4.78 is 4.69. The van der Waals surface area contributed by atoms with Crippen LogP contribution in [-0.4, -0.2) is 35.4 Å². The average Bonchev–Trinajstić information content (AvgIpc) is 2.73. The Bertz CT molecular complexity index is 469. The SMILES string of the molecule is O=C1OCCN1/N=C\c1ccc([N+](=O)[O-])cc1. The Morgan fingerprint density at radius 3 is 2.65 bits per heavy atom. The lowest BCUT2D eigenvalue weighted by molar-refractivity contribution is -0.384. The minimum atomic E-state index is -0.483. The number of non-ortho nitro benzene ring substituents is 1. The highest BCUT2D eigenvalue weighted by Gasteiger charge is 2.20. The molecule has 1 aromatic rings. The fourth-order valence-corrected chi connectivity index (χ4v) is 1.31. The van der Waals surface area contributed by atoms with Crippen LogP contribution in [0, 0.1) is 10.1 Å². The zero-order valence-electron chi connectivity index (χ0n) is 8.78. The monoisotopic (exact) mass is 235 g/mol. The number of hydrogen-bond acceptors (Lipinski definition) is 5. The van der Waals surface area contributed by atoms with Gasteiger partial charge in [0.15, 0.2) is 0 Å². The number of carbonyl (C=O) groups excluding carboxylic acids is 1. The molecule has 7 nitrogen and oxygen atoms in total. The van der Waals surface area contributed by atoms with Gasteiger partial charge >= 0.3 is 6.09 Å². The van der Waals surface area contributed by atoms with Crippen molar-refractivity contribution in [3.8, 4) is 0 Å². The first-order chi connectivity index (χ1) is 8.16. The Kier molecular flexibility index (Phi) is 2.99. The predicted octanol–water partition coefficient (Wildman–Crippen LogP) is 1.38. The number of benzene rings is 1. The predicted molar refractivity (Wildman–Crippen MR) is 58.7 cm³/mol. The lowest BCUT2D eigenvalue weighted by Crippen LogP contribution is -2.17. The molecule has 0 aliphatic carbocycles. The Morgan fingerprint density at radius 2 is 2.12 bits per heavy atom. The fourth-order valence-electron chi connectivity index (χ4n) is 1.31. The summed E-state index contributed by atoms with van der Waals surface area (Å²) in [7, 11) is 0. The molecule has 0 unspecified atom stereocenters. The molecule has 0 aromatic heterocycles. The number of hydrazone groups is 1. The maximum absolute atomic E-state index is 11.0. The highest BCUT2D eigenvalue weighted by Crippen LogP contribution is 2.11. The number of nitro groups is 1. The summed E-state index contributed by atoms with van der Waals surface area (Å²) in [6.07, 6.45) is 0.971. The lowest BCUT2D eigenvalue weighted by atomic mass is 10.2. The van der Waals surface area contributed by atoms with E-state index in [1.807, 2.05) is 0 Å². The molecule has 1 saturated heterocycles. The summed E-state index contributed by atoms with van der Waals surface area (Å²) >= 11 is 0. The van der Waals surface area contributed by atoms with Crippen LogP contribution in [0.4, 0.5) is 10.5 Å². The second-order valence-corrected chi connectivity index (χ2v) is 3.33. The highest BCUT2D eigenvalue weighted by atomic mass is 16.6. The molecular formula is C10H9N3O4. The third-order valence-electron chi connectivity index (χ3n) is 2.19. The number of nitro benzene ring substituents is 1. The molecule has 0 saturated carbocycles. The average molecular weight is 235 g/mol. The molecular weight excluding hydrogens is 226 g/mol. The molecule has 2 rings (SSSR count). The van der Waals surface area contributed by atoms with Crippen molar-refractivity contribution < 1.29 is 14.5 Å². The van der Waals surface area contributed by atoms with Crippen LogP contribution < -0.4 is 0 Å². The van der Waals surface area contributed by atoms with Gasteiger partial charge in [-0.3, -0.25) is 10.1 Å². The van der Waals surface area contributed by atoms with Crippen molar-refractivity contribution in [1.82, 2.24) is 5.01 Å². The van der Waals surface area contributed by atoms with Gasteiger partial charge in [0, 0.05) is 12.1 Å². The first-order valence-electron chi connectivity index (χ1n) is 4.89. The molecule has 1 aromatic carbocycles. The first-order valence-corrected chi connectivity index (χ1v) is 4.89. The molecule has 17 heavy (non-hydrogen) atoms. The van der Waals surface area contributed by atoms with E-state index in [2.05, 4.69) is 9.84 Å². The van der Waals surface area contributed by atoms with E-state index in [1.165, 1.54) is 23.4 Å². The maximum atomic E-state index is 11.0. The first kappa shape index (κ1) is 11.1. The minimum absolute atomic E-state index is 0.0164. The maximum Gasteiger partial charge on any atom is 0.430 e. The van der Waals surface area contributed by atoms with Crippen LogP contribution in [0.3, 0.4) is 0 Å². The number of carbonyl (C=O) groups is 1. The number of cyclic esters (lactones) is 1. The van der Waals surface area contributed by atoms with Gasteiger partial charge in [0.05, 0.1) is 17.7 Å². The van der Waals surface area contributed by atoms with Gasteiger partial charge < -0.3 is 4.74 Å². The molecule has 0 spiro atoms. The molecule has 1 aliphatic heterocycles. The van der Waals surface area contributed by atoms with Crippen LogP contribution in [0.2, 0.25) is 0 Å². The van der Waals surface area contributed by atoms with Crippen LogP contribution in [-0.2, 0) is 4.74 Å². The summed E-state index contributed by atoms with van der Waals surface area (Å²) in [5.41, 5.74) is 0.693. The van der Waals surface area contributed by atoms with Gasteiger partial charge in [-0.2, -0.15) is 10.1 Å². The molecule has 0 radical (unpaired) electrons. The molecule has 0 bridgehead atoms. The molecule has 88 valence electrons. The van der Waals surface area contributed by atoms with Crippen molar-refractivity contribution in [3.05, 3.63) is 39.9 Å². The van der Waals surface area contributed by atoms with E-state index in [0.29, 0.717) is 18.7 Å². The van der Waals surface area contributed by atoms with Crippen LogP contribution in [0.1, 0.15) is 5.56 Å². The minimum Gasteiger partial charge on any atom is -0.446 e. The van der Waals surface area contributed by atoms with Crippen LogP contribution >= 0.6 is 0 Å². The number of hydrogen-bond donors (Lipinski definition) is 0. The smallest absolute Gasteiger partial charge is 0.430 e. The Labute approximate surface area is 96.4 Å². The molecule has 0 N–H and O–H groups in total. The topological polar surface area (TPSA) is 85.0 Å². The summed E-state index contributed by atoms with van der Waals surface area (Å²) in [5.74, 6) is 0. The van der Waals surface area contributed by atoms with E-state index in [-0.39, 0.29) is 5.69 Å². The van der Waals surface area contributed by atoms with Gasteiger partial charge in [-0.1, -0.05) is 0 Å². The molecule has 1 heterocycles. The number of rotatable bonds is 3. The van der Waals surface area contributed by atoms with Gasteiger partial charge in [0.1, 0.15) is 6.61 Å². The number of ether oxygens (including phenoxy) is 1. The third kappa shape index (κ3) is 2.57. The molecule has 1 aliphatic rings. The van der Waals surface area contributed by atoms with Crippen molar-refractivity contribution in [3.63, 3.8) is 0 Å². The molecule has 0 atom stereocenters. The fraction of sp³-hybridized carbons (Fsp3) is 0.200. The molecule has 1 fully saturated rings. The van der Waals surface area contributed by atoms with Gasteiger partial charge in [-0.05, 0) is 17.7 Å². The Balaban J connectivity index is 2.06. The third-order valence-corrected chi connectivity index (χ3v) is 2.19. The summed E-state index contributed by atoms with van der Waals surface area (Å²) in [5, 5.41) is 15.5. The zero-order valence-corrected chi connectivity index (χ0v) is 8.78. The van der Waals surface area contributed by atoms with Gasteiger partial charge in [-0.25, -0.2) is 4.79 Å². The van der Waals surface area contributed by atoms with Gasteiger partial charge in [-0.15, -0.1) is 0 Å². The second kappa shape index (κ2) is 4.60. The quantitative estimate of drug-likeness (QED) is 0.450. The largest absolute Gasteiger partial charge is 0.446 e. The van der Waals surface area contributed by atoms with Gasteiger partial charge in [0.2, 0.25) is 0 Å². The van der Waals surface area contributed by atoms with Crippen molar-refractivity contribution in [2.45, 2.75) is 0 Å². The standard InChI is InChI=1S/C10H9N3O4/c14-10-12(5-6-17-10)11-7-8-1-3-9(4-2-8)13(15)16/h1-4,7H,5-6H2/b11-7-. The van der Waals surface area contributed by atoms with E-state index in [4.69, 9.17) is 0 Å². The van der Waals surface area contributed by atoms with Crippen molar-refractivity contribution in [2.75, 3.05) is 13.2 Å².